The van der Waals surface area contributed by atoms with Crippen LogP contribution in [0.4, 0.5) is 4.39 Å². The molecule has 0 radical (unpaired) electrons. The molecule has 2 aromatic rings. The average molecular weight is 376 g/mol. The van der Waals surface area contributed by atoms with Crippen LogP contribution in [-0.4, -0.2) is 49.6 Å². The van der Waals surface area contributed by atoms with E-state index in [1.807, 2.05) is 60.7 Å². The van der Waals surface area contributed by atoms with Crippen molar-refractivity contribution >= 4 is 0 Å². The van der Waals surface area contributed by atoms with Gasteiger partial charge in [-0.05, 0) is 11.1 Å². The third-order valence-corrected chi connectivity index (χ3v) is 4.65. The van der Waals surface area contributed by atoms with Crippen LogP contribution in [0.5, 0.6) is 0 Å². The predicted octanol–water partition coefficient (Wildman–Crippen LogP) is 2.86. The zero-order valence-electron chi connectivity index (χ0n) is 15.3. The number of rotatable bonds is 9. The first-order valence-electron chi connectivity index (χ1n) is 8.90. The van der Waals surface area contributed by atoms with Gasteiger partial charge in [-0.15, -0.1) is 0 Å². The van der Waals surface area contributed by atoms with E-state index in [1.165, 1.54) is 7.11 Å². The Hall–Kier alpha value is -1.83. The molecule has 1 aliphatic heterocycles. The molecule has 1 N–H and O–H groups in total. The molecule has 1 aliphatic rings. The van der Waals surface area contributed by atoms with Gasteiger partial charge in [0.2, 0.25) is 0 Å². The quantitative estimate of drug-likeness (QED) is 0.729. The van der Waals surface area contributed by atoms with Crippen molar-refractivity contribution in [2.24, 2.45) is 0 Å². The average Bonchev–Trinajstić information content (AvgIpc) is 2.99. The fraction of sp³-hybridized carbons (Fsp3) is 0.429. The Balaban J connectivity index is 1.68. The van der Waals surface area contributed by atoms with Crippen LogP contribution in [0.25, 0.3) is 0 Å². The smallest absolute Gasteiger partial charge is 0.186 e. The summed E-state index contributed by atoms with van der Waals surface area (Å²) in [6.07, 6.45) is -3.00. The SMILES string of the molecule is COC1O[C@](CF)(COCc2ccccc2)[C@@H](OCc2ccccc2)[C@H]1O. The van der Waals surface area contributed by atoms with Crippen molar-refractivity contribution in [3.8, 4) is 0 Å². The van der Waals surface area contributed by atoms with Gasteiger partial charge < -0.3 is 24.1 Å². The first-order chi connectivity index (χ1) is 13.2. The summed E-state index contributed by atoms with van der Waals surface area (Å²) >= 11 is 0. The van der Waals surface area contributed by atoms with Gasteiger partial charge in [-0.2, -0.15) is 0 Å². The number of ether oxygens (including phenoxy) is 4. The van der Waals surface area contributed by atoms with E-state index in [-0.39, 0.29) is 13.2 Å². The molecule has 1 unspecified atom stereocenters. The molecule has 0 bridgehead atoms. The number of aliphatic hydroxyl groups is 1. The van der Waals surface area contributed by atoms with E-state index in [9.17, 15) is 9.50 Å². The third-order valence-electron chi connectivity index (χ3n) is 4.65. The van der Waals surface area contributed by atoms with Gasteiger partial charge in [-0.1, -0.05) is 60.7 Å². The van der Waals surface area contributed by atoms with Gasteiger partial charge >= 0.3 is 0 Å². The number of hydrogen-bond acceptors (Lipinski definition) is 5. The summed E-state index contributed by atoms with van der Waals surface area (Å²) in [5.41, 5.74) is 0.461. The van der Waals surface area contributed by atoms with E-state index in [0.717, 1.165) is 11.1 Å². The van der Waals surface area contributed by atoms with E-state index in [0.29, 0.717) is 6.61 Å². The molecule has 3 rings (SSSR count). The molecule has 0 spiro atoms. The van der Waals surface area contributed by atoms with E-state index < -0.39 is 30.8 Å². The molecule has 1 heterocycles. The van der Waals surface area contributed by atoms with Crippen LogP contribution in [0.15, 0.2) is 60.7 Å². The van der Waals surface area contributed by atoms with Crippen molar-refractivity contribution in [1.82, 2.24) is 0 Å². The Kier molecular flexibility index (Phi) is 6.93. The molecule has 0 saturated carbocycles. The van der Waals surface area contributed by atoms with Gasteiger partial charge in [-0.3, -0.25) is 0 Å². The van der Waals surface area contributed by atoms with Crippen molar-refractivity contribution in [2.75, 3.05) is 20.4 Å². The van der Waals surface area contributed by atoms with Crippen molar-refractivity contribution in [3.05, 3.63) is 71.8 Å². The topological polar surface area (TPSA) is 57.2 Å². The second-order valence-electron chi connectivity index (χ2n) is 6.61. The monoisotopic (exact) mass is 376 g/mol. The Morgan fingerprint density at radius 2 is 1.59 bits per heavy atom. The zero-order chi connectivity index (χ0) is 19.1. The van der Waals surface area contributed by atoms with E-state index in [4.69, 9.17) is 18.9 Å². The first-order valence-corrected chi connectivity index (χ1v) is 8.90. The van der Waals surface area contributed by atoms with Crippen LogP contribution >= 0.6 is 0 Å². The lowest BCUT2D eigenvalue weighted by Crippen LogP contribution is -2.50. The largest absolute Gasteiger partial charge is 0.385 e. The maximum Gasteiger partial charge on any atom is 0.186 e. The van der Waals surface area contributed by atoms with Crippen LogP contribution in [0, 0.1) is 0 Å². The van der Waals surface area contributed by atoms with E-state index in [1.54, 1.807) is 0 Å². The fourth-order valence-electron chi connectivity index (χ4n) is 3.20. The summed E-state index contributed by atoms with van der Waals surface area (Å²) in [7, 11) is 1.40. The number of benzene rings is 2. The lowest BCUT2D eigenvalue weighted by Gasteiger charge is -2.31. The summed E-state index contributed by atoms with van der Waals surface area (Å²) in [5.74, 6) is 0. The second-order valence-corrected chi connectivity index (χ2v) is 6.61. The Morgan fingerprint density at radius 1 is 1.00 bits per heavy atom. The molecule has 4 atom stereocenters. The highest BCUT2D eigenvalue weighted by Crippen LogP contribution is 2.35. The summed E-state index contributed by atoms with van der Waals surface area (Å²) in [4.78, 5) is 0. The molecule has 6 heteroatoms. The highest BCUT2D eigenvalue weighted by atomic mass is 19.1. The Labute approximate surface area is 158 Å². The highest BCUT2D eigenvalue weighted by molar-refractivity contribution is 5.15. The molecule has 5 nitrogen and oxygen atoms in total. The maximum absolute atomic E-state index is 14.1. The molecule has 1 saturated heterocycles. The summed E-state index contributed by atoms with van der Waals surface area (Å²) in [6.45, 7) is -0.388. The number of alkyl halides is 1. The van der Waals surface area contributed by atoms with Crippen LogP contribution < -0.4 is 0 Å². The lowest BCUT2D eigenvalue weighted by atomic mass is 9.97. The number of aliphatic hydroxyl groups excluding tert-OH is 1. The minimum atomic E-state index is -1.43. The van der Waals surface area contributed by atoms with Crippen LogP contribution in [0.1, 0.15) is 11.1 Å². The minimum absolute atomic E-state index is 0.0607. The van der Waals surface area contributed by atoms with E-state index in [2.05, 4.69) is 0 Å². The molecule has 2 aromatic carbocycles. The molecule has 146 valence electrons. The predicted molar refractivity (Wildman–Crippen MR) is 97.7 cm³/mol. The van der Waals surface area contributed by atoms with Crippen molar-refractivity contribution < 1.29 is 28.4 Å². The maximum atomic E-state index is 14.1. The van der Waals surface area contributed by atoms with Gasteiger partial charge in [0, 0.05) is 7.11 Å². The standard InChI is InChI=1S/C21H25FO5/c1-24-20-18(23)19(26-13-17-10-6-3-7-11-17)21(14-22,27-20)15-25-12-16-8-4-2-5-9-16/h2-11,18-20,23H,12-15H2,1H3/t18-,19+,20?,21-/m1/s1. The zero-order valence-corrected chi connectivity index (χ0v) is 15.3. The molecule has 27 heavy (non-hydrogen) atoms. The van der Waals surface area contributed by atoms with Crippen molar-refractivity contribution in [2.45, 2.75) is 37.3 Å². The van der Waals surface area contributed by atoms with Crippen molar-refractivity contribution in [3.63, 3.8) is 0 Å². The van der Waals surface area contributed by atoms with Crippen molar-refractivity contribution in [1.29, 1.82) is 0 Å². The molecular formula is C21H25FO5. The van der Waals surface area contributed by atoms with Crippen LogP contribution in [0.3, 0.4) is 0 Å². The van der Waals surface area contributed by atoms with Crippen LogP contribution in [-0.2, 0) is 32.2 Å². The molecular weight excluding hydrogens is 351 g/mol. The number of hydrogen-bond donors (Lipinski definition) is 1. The lowest BCUT2D eigenvalue weighted by molar-refractivity contribution is -0.202. The molecule has 0 aliphatic carbocycles. The minimum Gasteiger partial charge on any atom is -0.385 e. The molecule has 1 fully saturated rings. The Morgan fingerprint density at radius 3 is 2.15 bits per heavy atom. The van der Waals surface area contributed by atoms with Crippen LogP contribution in [0.2, 0.25) is 0 Å². The third kappa shape index (κ3) is 4.72. The second kappa shape index (κ2) is 9.39. The number of halogens is 1. The van der Waals surface area contributed by atoms with Gasteiger partial charge in [0.25, 0.3) is 0 Å². The van der Waals surface area contributed by atoms with Gasteiger partial charge in [-0.25, -0.2) is 4.39 Å². The number of methoxy groups -OCH3 is 1. The summed E-state index contributed by atoms with van der Waals surface area (Å²) in [5, 5.41) is 10.5. The van der Waals surface area contributed by atoms with Gasteiger partial charge in [0.15, 0.2) is 11.9 Å². The van der Waals surface area contributed by atoms with E-state index >= 15 is 0 Å². The normalized spacial score (nSPS) is 27.7. The fourth-order valence-corrected chi connectivity index (χ4v) is 3.20. The summed E-state index contributed by atoms with van der Waals surface area (Å²) in [6, 6.07) is 19.1. The highest BCUT2D eigenvalue weighted by Gasteiger charge is 2.56. The van der Waals surface area contributed by atoms with Gasteiger partial charge in [0.1, 0.15) is 18.9 Å². The summed E-state index contributed by atoms with van der Waals surface area (Å²) < 4.78 is 36.5. The first kappa shape index (κ1) is 19.9. The Bertz CT molecular complexity index is 683. The van der Waals surface area contributed by atoms with Gasteiger partial charge in [0.05, 0.1) is 19.8 Å². The molecule has 0 amide bonds. The molecule has 0 aromatic heterocycles.